The number of piperidine rings is 1. The van der Waals surface area contributed by atoms with Crippen molar-refractivity contribution in [2.75, 3.05) is 38.2 Å². The summed E-state index contributed by atoms with van der Waals surface area (Å²) in [6.45, 7) is 4.82. The monoisotopic (exact) mass is 423 g/mol. The molecule has 1 aromatic carbocycles. The van der Waals surface area contributed by atoms with Crippen LogP contribution in [0.15, 0.2) is 48.8 Å². The molecular weight excluding hydrogens is 394 g/mol. The predicted octanol–water partition coefficient (Wildman–Crippen LogP) is 3.13. The fraction of sp³-hybridized carbons (Fsp3) is 0.435. The van der Waals surface area contributed by atoms with Crippen LogP contribution in [0, 0.1) is 10.1 Å². The Morgan fingerprint density at radius 2 is 2.00 bits per heavy atom. The Labute approximate surface area is 182 Å². The number of nitro groups is 1. The van der Waals surface area contributed by atoms with Gasteiger partial charge in [-0.2, -0.15) is 0 Å². The Bertz CT molecular complexity index is 923. The van der Waals surface area contributed by atoms with Crippen LogP contribution in [0.4, 0.5) is 11.4 Å². The van der Waals surface area contributed by atoms with Crippen LogP contribution in [0.1, 0.15) is 24.1 Å². The summed E-state index contributed by atoms with van der Waals surface area (Å²) in [6.07, 6.45) is 9.17. The van der Waals surface area contributed by atoms with E-state index < -0.39 is 0 Å². The summed E-state index contributed by atoms with van der Waals surface area (Å²) in [5, 5.41) is 14.4. The van der Waals surface area contributed by atoms with Crippen LogP contribution in [-0.2, 0) is 13.0 Å². The van der Waals surface area contributed by atoms with Crippen LogP contribution in [0.2, 0.25) is 0 Å². The zero-order valence-electron chi connectivity index (χ0n) is 17.9. The van der Waals surface area contributed by atoms with Gasteiger partial charge in [0.05, 0.1) is 29.6 Å². The molecule has 0 spiro atoms. The number of non-ortho nitro benzene ring substituents is 1. The second-order valence-electron chi connectivity index (χ2n) is 8.04. The molecule has 4 rings (SSSR count). The van der Waals surface area contributed by atoms with E-state index in [0.29, 0.717) is 6.04 Å². The average molecular weight is 424 g/mol. The molecule has 2 aliphatic rings. The van der Waals surface area contributed by atoms with Gasteiger partial charge in [-0.15, -0.1) is 0 Å². The van der Waals surface area contributed by atoms with E-state index in [0.717, 1.165) is 74.7 Å². The SMILES string of the molecule is COc1cnc2c(c1)N(CCN1CCC(NCc3ccc([N+](=O)[O-])cc3)CC1)C=CC2. The number of benzene rings is 1. The van der Waals surface area contributed by atoms with Gasteiger partial charge < -0.3 is 19.9 Å². The number of ether oxygens (including phenoxy) is 1. The fourth-order valence-electron chi connectivity index (χ4n) is 4.15. The van der Waals surface area contributed by atoms with Crippen LogP contribution in [0.3, 0.4) is 0 Å². The molecule has 0 amide bonds. The van der Waals surface area contributed by atoms with Gasteiger partial charge in [-0.1, -0.05) is 18.2 Å². The minimum absolute atomic E-state index is 0.137. The Hall–Kier alpha value is -2.97. The summed E-state index contributed by atoms with van der Waals surface area (Å²) in [7, 11) is 1.67. The van der Waals surface area contributed by atoms with Gasteiger partial charge >= 0.3 is 0 Å². The van der Waals surface area contributed by atoms with Gasteiger partial charge in [0, 0.05) is 56.5 Å². The minimum Gasteiger partial charge on any atom is -0.495 e. The number of rotatable bonds is 8. The molecule has 0 aliphatic carbocycles. The normalized spacial score (nSPS) is 16.9. The summed E-state index contributed by atoms with van der Waals surface area (Å²) in [5.74, 6) is 0.791. The molecule has 0 unspecified atom stereocenters. The molecule has 0 atom stereocenters. The molecule has 1 saturated heterocycles. The standard InChI is InChI=1S/C23H29N5O3/c1-31-21-15-23-22(25-17-21)3-2-10-27(23)14-13-26-11-8-19(9-12-26)24-16-18-4-6-20(7-5-18)28(29)30/h2,4-7,10,15,17,19,24H,3,8-9,11-14,16H2,1H3. The van der Waals surface area contributed by atoms with E-state index in [9.17, 15) is 10.1 Å². The maximum Gasteiger partial charge on any atom is 0.269 e. The molecule has 2 aromatic rings. The second kappa shape index (κ2) is 9.89. The number of nitrogens with one attached hydrogen (secondary N) is 1. The molecule has 0 radical (unpaired) electrons. The molecular formula is C23H29N5O3. The van der Waals surface area contributed by atoms with Gasteiger partial charge in [0.2, 0.25) is 0 Å². The van der Waals surface area contributed by atoms with Crippen molar-refractivity contribution in [2.24, 2.45) is 0 Å². The second-order valence-corrected chi connectivity index (χ2v) is 8.04. The Morgan fingerprint density at radius 3 is 2.71 bits per heavy atom. The number of pyridine rings is 1. The zero-order chi connectivity index (χ0) is 21.6. The number of nitrogens with zero attached hydrogens (tertiary/aromatic N) is 4. The minimum atomic E-state index is -0.363. The lowest BCUT2D eigenvalue weighted by Gasteiger charge is -2.34. The molecule has 164 valence electrons. The van der Waals surface area contributed by atoms with Crippen molar-refractivity contribution in [3.05, 3.63) is 70.2 Å². The predicted molar refractivity (Wildman–Crippen MR) is 120 cm³/mol. The van der Waals surface area contributed by atoms with Gasteiger partial charge in [-0.25, -0.2) is 0 Å². The van der Waals surface area contributed by atoms with Gasteiger partial charge in [0.1, 0.15) is 5.75 Å². The molecule has 1 fully saturated rings. The van der Waals surface area contributed by atoms with E-state index in [-0.39, 0.29) is 10.6 Å². The molecule has 1 aromatic heterocycles. The molecule has 0 saturated carbocycles. The molecule has 0 bridgehead atoms. The maximum atomic E-state index is 10.8. The highest BCUT2D eigenvalue weighted by atomic mass is 16.6. The van der Waals surface area contributed by atoms with Crippen LogP contribution in [0.25, 0.3) is 0 Å². The van der Waals surface area contributed by atoms with Crippen molar-refractivity contribution in [1.29, 1.82) is 0 Å². The molecule has 1 N–H and O–H groups in total. The van der Waals surface area contributed by atoms with Crippen molar-refractivity contribution < 1.29 is 9.66 Å². The van der Waals surface area contributed by atoms with E-state index in [1.807, 2.05) is 12.1 Å². The Balaban J connectivity index is 1.21. The van der Waals surface area contributed by atoms with Crippen LogP contribution in [-0.4, -0.2) is 54.1 Å². The number of nitro benzene ring substituents is 1. The van der Waals surface area contributed by atoms with Crippen molar-refractivity contribution in [1.82, 2.24) is 15.2 Å². The van der Waals surface area contributed by atoms with Gasteiger partial charge in [0.15, 0.2) is 0 Å². The van der Waals surface area contributed by atoms with Crippen molar-refractivity contribution in [2.45, 2.75) is 31.8 Å². The van der Waals surface area contributed by atoms with E-state index in [1.54, 1.807) is 25.4 Å². The van der Waals surface area contributed by atoms with Gasteiger partial charge in [-0.3, -0.25) is 15.1 Å². The topological polar surface area (TPSA) is 83.8 Å². The number of allylic oxidation sites excluding steroid dienone is 1. The first-order valence-corrected chi connectivity index (χ1v) is 10.8. The first kappa shape index (κ1) is 21.3. The van der Waals surface area contributed by atoms with Crippen molar-refractivity contribution in [3.63, 3.8) is 0 Å². The van der Waals surface area contributed by atoms with Crippen LogP contribution in [0.5, 0.6) is 5.75 Å². The highest BCUT2D eigenvalue weighted by Gasteiger charge is 2.21. The largest absolute Gasteiger partial charge is 0.495 e. The van der Waals surface area contributed by atoms with E-state index >= 15 is 0 Å². The number of hydrogen-bond acceptors (Lipinski definition) is 7. The summed E-state index contributed by atoms with van der Waals surface area (Å²) in [5.41, 5.74) is 3.45. The molecule has 2 aliphatic heterocycles. The van der Waals surface area contributed by atoms with Crippen molar-refractivity contribution in [3.8, 4) is 5.75 Å². The molecule has 8 nitrogen and oxygen atoms in total. The lowest BCUT2D eigenvalue weighted by Crippen LogP contribution is -2.44. The van der Waals surface area contributed by atoms with Gasteiger partial charge in [-0.05, 0) is 31.5 Å². The van der Waals surface area contributed by atoms with Crippen LogP contribution < -0.4 is 15.0 Å². The summed E-state index contributed by atoms with van der Waals surface area (Å²) in [4.78, 5) is 19.7. The lowest BCUT2D eigenvalue weighted by molar-refractivity contribution is -0.384. The number of aromatic nitrogens is 1. The summed E-state index contributed by atoms with van der Waals surface area (Å²) < 4.78 is 5.35. The number of hydrogen-bond donors (Lipinski definition) is 1. The molecule has 3 heterocycles. The first-order valence-electron chi connectivity index (χ1n) is 10.8. The number of anilines is 1. The summed E-state index contributed by atoms with van der Waals surface area (Å²) >= 11 is 0. The fourth-order valence-corrected chi connectivity index (χ4v) is 4.15. The Kier molecular flexibility index (Phi) is 6.79. The number of fused-ring (bicyclic) bond motifs is 1. The third-order valence-corrected chi connectivity index (χ3v) is 6.05. The van der Waals surface area contributed by atoms with E-state index in [1.165, 1.54) is 0 Å². The quantitative estimate of drug-likeness (QED) is 0.516. The maximum absolute atomic E-state index is 10.8. The smallest absolute Gasteiger partial charge is 0.269 e. The van der Waals surface area contributed by atoms with Crippen molar-refractivity contribution >= 4 is 11.4 Å². The summed E-state index contributed by atoms with van der Waals surface area (Å²) in [6, 6.07) is 9.34. The number of methoxy groups -OCH3 is 1. The molecule has 8 heteroatoms. The lowest BCUT2D eigenvalue weighted by atomic mass is 10.0. The highest BCUT2D eigenvalue weighted by Crippen LogP contribution is 2.28. The zero-order valence-corrected chi connectivity index (χ0v) is 17.9. The van der Waals surface area contributed by atoms with Gasteiger partial charge in [0.25, 0.3) is 5.69 Å². The Morgan fingerprint density at radius 1 is 1.23 bits per heavy atom. The van der Waals surface area contributed by atoms with E-state index in [4.69, 9.17) is 4.74 Å². The van der Waals surface area contributed by atoms with Crippen LogP contribution >= 0.6 is 0 Å². The highest BCUT2D eigenvalue weighted by molar-refractivity contribution is 5.58. The molecule has 31 heavy (non-hydrogen) atoms. The average Bonchev–Trinajstić information content (AvgIpc) is 2.82. The first-order chi connectivity index (χ1) is 15.1. The third-order valence-electron chi connectivity index (χ3n) is 6.05. The number of likely N-dealkylation sites (tertiary alicyclic amines) is 1. The third kappa shape index (κ3) is 5.39. The van der Waals surface area contributed by atoms with E-state index in [2.05, 4.69) is 38.4 Å².